The molecule has 0 atom stereocenters. The van der Waals surface area contributed by atoms with Gasteiger partial charge in [0, 0.05) is 4.90 Å². The number of ether oxygens (including phenoxy) is 1. The summed E-state index contributed by atoms with van der Waals surface area (Å²) in [5.41, 5.74) is 0.569. The topological polar surface area (TPSA) is 55.4 Å². The van der Waals surface area contributed by atoms with Crippen molar-refractivity contribution in [3.05, 3.63) is 78.9 Å². The van der Waals surface area contributed by atoms with Crippen molar-refractivity contribution in [2.75, 3.05) is 11.0 Å². The summed E-state index contributed by atoms with van der Waals surface area (Å²) in [6.07, 6.45) is 1.91. The molecular formula is C19H17NO3S2. The van der Waals surface area contributed by atoms with E-state index in [9.17, 15) is 8.42 Å². The molecule has 0 aliphatic rings. The van der Waals surface area contributed by atoms with Gasteiger partial charge in [0.25, 0.3) is 10.0 Å². The first-order valence-corrected chi connectivity index (χ1v) is 10.3. The van der Waals surface area contributed by atoms with Gasteiger partial charge >= 0.3 is 0 Å². The van der Waals surface area contributed by atoms with Gasteiger partial charge in [0.2, 0.25) is 0 Å². The summed E-state index contributed by atoms with van der Waals surface area (Å²) in [5, 5.41) is 0. The van der Waals surface area contributed by atoms with Gasteiger partial charge in [0.1, 0.15) is 11.5 Å². The molecule has 0 aliphatic heterocycles. The maximum Gasteiger partial charge on any atom is 0.261 e. The number of sulfonamides is 1. The van der Waals surface area contributed by atoms with Crippen LogP contribution in [-0.4, -0.2) is 14.7 Å². The van der Waals surface area contributed by atoms with Crippen molar-refractivity contribution in [1.29, 1.82) is 0 Å². The van der Waals surface area contributed by atoms with E-state index >= 15 is 0 Å². The third kappa shape index (κ3) is 4.35. The Morgan fingerprint density at radius 2 is 1.40 bits per heavy atom. The minimum atomic E-state index is -3.65. The molecule has 0 unspecified atom stereocenters. The first-order chi connectivity index (χ1) is 12.1. The summed E-state index contributed by atoms with van der Waals surface area (Å²) in [6.45, 7) is 0. The van der Waals surface area contributed by atoms with E-state index in [1.54, 1.807) is 24.3 Å². The molecule has 0 amide bonds. The van der Waals surface area contributed by atoms with Crippen molar-refractivity contribution >= 4 is 27.5 Å². The second kappa shape index (κ2) is 7.63. The number of hydrogen-bond acceptors (Lipinski definition) is 4. The number of hydrogen-bond donors (Lipinski definition) is 1. The van der Waals surface area contributed by atoms with Gasteiger partial charge in [-0.2, -0.15) is 0 Å². The van der Waals surface area contributed by atoms with Gasteiger partial charge in [-0.15, -0.1) is 11.8 Å². The summed E-state index contributed by atoms with van der Waals surface area (Å²) < 4.78 is 33.5. The predicted molar refractivity (Wildman–Crippen MR) is 102 cm³/mol. The van der Waals surface area contributed by atoms with Gasteiger partial charge in [0.15, 0.2) is 0 Å². The fourth-order valence-corrected chi connectivity index (χ4v) is 3.94. The predicted octanol–water partition coefficient (Wildman–Crippen LogP) is 5.00. The molecule has 1 N–H and O–H groups in total. The van der Waals surface area contributed by atoms with E-state index in [1.807, 2.05) is 48.7 Å². The Balaban J connectivity index is 1.78. The summed E-state index contributed by atoms with van der Waals surface area (Å²) in [5.74, 6) is 1.28. The zero-order valence-corrected chi connectivity index (χ0v) is 15.2. The quantitative estimate of drug-likeness (QED) is 0.620. The van der Waals surface area contributed by atoms with Crippen LogP contribution < -0.4 is 9.46 Å². The van der Waals surface area contributed by atoms with Crippen LogP contribution in [0.15, 0.2) is 88.7 Å². The third-order valence-corrected chi connectivity index (χ3v) is 5.64. The van der Waals surface area contributed by atoms with Crippen LogP contribution >= 0.6 is 11.8 Å². The number of anilines is 1. The number of benzene rings is 3. The summed E-state index contributed by atoms with van der Waals surface area (Å²) >= 11 is 1.49. The smallest absolute Gasteiger partial charge is 0.261 e. The molecule has 0 saturated carbocycles. The molecule has 0 saturated heterocycles. The third-order valence-electron chi connectivity index (χ3n) is 3.46. The van der Waals surface area contributed by atoms with E-state index in [4.69, 9.17) is 4.74 Å². The molecule has 3 rings (SSSR count). The van der Waals surface area contributed by atoms with Gasteiger partial charge in [-0.1, -0.05) is 30.3 Å². The highest BCUT2D eigenvalue weighted by atomic mass is 32.2. The van der Waals surface area contributed by atoms with Crippen molar-refractivity contribution in [3.63, 3.8) is 0 Å². The molecule has 128 valence electrons. The Morgan fingerprint density at radius 3 is 2.08 bits per heavy atom. The van der Waals surface area contributed by atoms with Gasteiger partial charge in [0.05, 0.1) is 10.6 Å². The Hall–Kier alpha value is -2.44. The lowest BCUT2D eigenvalue weighted by molar-refractivity contribution is 0.482. The number of thioether (sulfide) groups is 1. The van der Waals surface area contributed by atoms with Crippen LogP contribution in [0.2, 0.25) is 0 Å². The van der Waals surface area contributed by atoms with E-state index in [1.165, 1.54) is 23.9 Å². The molecule has 0 bridgehead atoms. The second-order valence-corrected chi connectivity index (χ2v) is 7.72. The van der Waals surface area contributed by atoms with Crippen molar-refractivity contribution in [1.82, 2.24) is 0 Å². The highest BCUT2D eigenvalue weighted by molar-refractivity contribution is 7.99. The Bertz CT molecular complexity index is 940. The largest absolute Gasteiger partial charge is 0.457 e. The highest BCUT2D eigenvalue weighted by Gasteiger charge is 2.16. The first-order valence-electron chi connectivity index (χ1n) is 7.57. The molecular weight excluding hydrogens is 354 g/mol. The molecule has 0 fully saturated rings. The molecule has 0 aromatic heterocycles. The van der Waals surface area contributed by atoms with Crippen LogP contribution in [0.5, 0.6) is 11.5 Å². The van der Waals surface area contributed by atoms with Gasteiger partial charge in [-0.05, 0) is 54.8 Å². The van der Waals surface area contributed by atoms with E-state index in [0.29, 0.717) is 17.2 Å². The Morgan fingerprint density at radius 1 is 0.800 bits per heavy atom. The van der Waals surface area contributed by atoms with E-state index in [2.05, 4.69) is 4.72 Å². The average Bonchev–Trinajstić information content (AvgIpc) is 2.63. The number of para-hydroxylation sites is 2. The second-order valence-electron chi connectivity index (χ2n) is 5.19. The molecule has 0 heterocycles. The zero-order valence-electron chi connectivity index (χ0n) is 13.5. The maximum atomic E-state index is 12.6. The molecule has 0 radical (unpaired) electrons. The number of nitrogens with one attached hydrogen (secondary N) is 1. The summed E-state index contributed by atoms with van der Waals surface area (Å²) in [6, 6.07) is 23.0. The van der Waals surface area contributed by atoms with Gasteiger partial charge in [-0.3, -0.25) is 4.72 Å². The normalized spacial score (nSPS) is 11.1. The lowest BCUT2D eigenvalue weighted by Gasteiger charge is -2.12. The summed E-state index contributed by atoms with van der Waals surface area (Å²) in [4.78, 5) is 1.05. The monoisotopic (exact) mass is 371 g/mol. The fraction of sp³-hybridized carbons (Fsp3) is 0.0526. The SMILES string of the molecule is CSc1ccccc1NS(=O)(=O)c1ccc(Oc2ccccc2)cc1. The molecule has 4 nitrogen and oxygen atoms in total. The van der Waals surface area contributed by atoms with Crippen LogP contribution in [0.3, 0.4) is 0 Å². The van der Waals surface area contributed by atoms with Crippen LogP contribution in [0.25, 0.3) is 0 Å². The Labute approximate surface area is 151 Å². The average molecular weight is 371 g/mol. The van der Waals surface area contributed by atoms with Gasteiger partial charge in [-0.25, -0.2) is 8.42 Å². The van der Waals surface area contributed by atoms with Crippen molar-refractivity contribution in [2.45, 2.75) is 9.79 Å². The minimum Gasteiger partial charge on any atom is -0.457 e. The first kappa shape index (κ1) is 17.4. The lowest BCUT2D eigenvalue weighted by atomic mass is 10.3. The van der Waals surface area contributed by atoms with Crippen LogP contribution in [0.4, 0.5) is 5.69 Å². The number of rotatable bonds is 6. The van der Waals surface area contributed by atoms with Crippen molar-refractivity contribution in [3.8, 4) is 11.5 Å². The van der Waals surface area contributed by atoms with Crippen LogP contribution in [0, 0.1) is 0 Å². The molecule has 25 heavy (non-hydrogen) atoms. The standard InChI is InChI=1S/C19H17NO3S2/c1-24-19-10-6-5-9-18(19)20-25(21,22)17-13-11-16(12-14-17)23-15-7-3-2-4-8-15/h2-14,20H,1H3. The molecule has 3 aromatic rings. The van der Waals surface area contributed by atoms with E-state index in [0.717, 1.165) is 4.90 Å². The lowest BCUT2D eigenvalue weighted by Crippen LogP contribution is -2.13. The van der Waals surface area contributed by atoms with Crippen LogP contribution in [-0.2, 0) is 10.0 Å². The zero-order chi connectivity index (χ0) is 17.7. The summed E-state index contributed by atoms with van der Waals surface area (Å²) in [7, 11) is -3.65. The Kier molecular flexibility index (Phi) is 5.31. The van der Waals surface area contributed by atoms with Crippen LogP contribution in [0.1, 0.15) is 0 Å². The van der Waals surface area contributed by atoms with Crippen molar-refractivity contribution < 1.29 is 13.2 Å². The minimum absolute atomic E-state index is 0.184. The highest BCUT2D eigenvalue weighted by Crippen LogP contribution is 2.28. The molecule has 6 heteroatoms. The molecule has 3 aromatic carbocycles. The molecule has 0 aliphatic carbocycles. The maximum absolute atomic E-state index is 12.6. The van der Waals surface area contributed by atoms with E-state index in [-0.39, 0.29) is 4.90 Å². The van der Waals surface area contributed by atoms with E-state index < -0.39 is 10.0 Å². The fourth-order valence-electron chi connectivity index (χ4n) is 2.24. The van der Waals surface area contributed by atoms with Crippen molar-refractivity contribution in [2.24, 2.45) is 0 Å². The molecule has 0 spiro atoms. The van der Waals surface area contributed by atoms with Gasteiger partial charge < -0.3 is 4.74 Å².